The first-order valence-electron chi connectivity index (χ1n) is 8.02. The van der Waals surface area contributed by atoms with Gasteiger partial charge in [-0.25, -0.2) is 4.39 Å². The average Bonchev–Trinajstić information content (AvgIpc) is 2.56. The monoisotopic (exact) mass is 383 g/mol. The zero-order valence-electron chi connectivity index (χ0n) is 13.6. The predicted molar refractivity (Wildman–Crippen MR) is 103 cm³/mol. The Labute approximate surface area is 157 Å². The summed E-state index contributed by atoms with van der Waals surface area (Å²) in [6.07, 6.45) is 1.86. The lowest BCUT2D eigenvalue weighted by Gasteiger charge is -2.41. The van der Waals surface area contributed by atoms with E-state index in [1.165, 1.54) is 0 Å². The van der Waals surface area contributed by atoms with Crippen LogP contribution in [0.25, 0.3) is 0 Å². The van der Waals surface area contributed by atoms with Gasteiger partial charge in [0.1, 0.15) is 5.82 Å². The fraction of sp³-hybridized carbons (Fsp3) is 0.368. The molecule has 1 saturated heterocycles. The molecule has 2 aromatic carbocycles. The van der Waals surface area contributed by atoms with Gasteiger partial charge in [0.2, 0.25) is 0 Å². The molecule has 0 saturated carbocycles. The third-order valence-electron chi connectivity index (χ3n) is 4.68. The number of hydrogen-bond donors (Lipinski definition) is 0. The molecule has 1 nitrogen and oxygen atoms in total. The van der Waals surface area contributed by atoms with Gasteiger partial charge in [-0.3, -0.25) is 0 Å². The van der Waals surface area contributed by atoms with E-state index in [1.54, 1.807) is 30.0 Å². The maximum atomic E-state index is 14.5. The van der Waals surface area contributed by atoms with Crippen LogP contribution in [0.5, 0.6) is 0 Å². The number of rotatable bonds is 4. The van der Waals surface area contributed by atoms with Crippen LogP contribution in [0.3, 0.4) is 0 Å². The van der Waals surface area contributed by atoms with E-state index in [0.29, 0.717) is 10.0 Å². The highest BCUT2D eigenvalue weighted by atomic mass is 35.5. The van der Waals surface area contributed by atoms with Crippen molar-refractivity contribution >= 4 is 35.0 Å². The van der Waals surface area contributed by atoms with Gasteiger partial charge in [-0.15, -0.1) is 11.8 Å². The van der Waals surface area contributed by atoms with Crippen molar-refractivity contribution in [2.24, 2.45) is 0 Å². The van der Waals surface area contributed by atoms with E-state index in [1.807, 2.05) is 24.3 Å². The Balaban J connectivity index is 1.87. The summed E-state index contributed by atoms with van der Waals surface area (Å²) in [5.74, 6) is 0.630. The Morgan fingerprint density at radius 1 is 1.12 bits per heavy atom. The van der Waals surface area contributed by atoms with Crippen LogP contribution in [0.15, 0.2) is 42.5 Å². The van der Waals surface area contributed by atoms with E-state index >= 15 is 0 Å². The Hall–Kier alpha value is -0.740. The standard InChI is InChI=1S/C19H20Cl2FNS/c1-23-10-8-19(9-11-23,16-4-2-3-5-18(16)22)24-13-14-6-7-15(20)12-17(14)21/h2-7,12H,8-11,13H2,1H3. The Kier molecular flexibility index (Phi) is 5.76. The number of halogens is 3. The van der Waals surface area contributed by atoms with E-state index in [4.69, 9.17) is 23.2 Å². The third-order valence-corrected chi connectivity index (χ3v) is 6.90. The molecule has 0 unspecified atom stereocenters. The molecule has 0 radical (unpaired) electrons. The van der Waals surface area contributed by atoms with Crippen molar-refractivity contribution in [3.63, 3.8) is 0 Å². The third kappa shape index (κ3) is 3.91. The van der Waals surface area contributed by atoms with Gasteiger partial charge in [0.25, 0.3) is 0 Å². The molecule has 0 aliphatic carbocycles. The summed E-state index contributed by atoms with van der Waals surface area (Å²) in [5, 5.41) is 1.31. The van der Waals surface area contributed by atoms with Gasteiger partial charge in [0.15, 0.2) is 0 Å². The minimum absolute atomic E-state index is 0.114. The van der Waals surface area contributed by atoms with E-state index in [2.05, 4.69) is 11.9 Å². The van der Waals surface area contributed by atoms with Crippen molar-refractivity contribution in [2.75, 3.05) is 20.1 Å². The summed E-state index contributed by atoms with van der Waals surface area (Å²) in [5.41, 5.74) is 1.86. The molecule has 0 spiro atoms. The molecule has 24 heavy (non-hydrogen) atoms. The Morgan fingerprint density at radius 3 is 2.50 bits per heavy atom. The lowest BCUT2D eigenvalue weighted by atomic mass is 9.88. The first-order chi connectivity index (χ1) is 11.5. The molecule has 1 aliphatic heterocycles. The van der Waals surface area contributed by atoms with Crippen LogP contribution >= 0.6 is 35.0 Å². The fourth-order valence-electron chi connectivity index (χ4n) is 3.16. The maximum absolute atomic E-state index is 14.5. The first-order valence-corrected chi connectivity index (χ1v) is 9.76. The van der Waals surface area contributed by atoms with Crippen molar-refractivity contribution in [3.05, 3.63) is 69.5 Å². The lowest BCUT2D eigenvalue weighted by Crippen LogP contribution is -2.39. The molecule has 0 aromatic heterocycles. The highest BCUT2D eigenvalue weighted by molar-refractivity contribution is 7.99. The van der Waals surface area contributed by atoms with Crippen LogP contribution in [0.1, 0.15) is 24.0 Å². The minimum atomic E-state index is -0.208. The predicted octanol–water partition coefficient (Wildman–Crippen LogP) is 5.99. The summed E-state index contributed by atoms with van der Waals surface area (Å²) in [6.45, 7) is 1.94. The van der Waals surface area contributed by atoms with E-state index in [9.17, 15) is 4.39 Å². The SMILES string of the molecule is CN1CCC(SCc2ccc(Cl)cc2Cl)(c2ccccc2F)CC1. The van der Waals surface area contributed by atoms with Gasteiger partial charge in [0, 0.05) is 26.1 Å². The second-order valence-electron chi connectivity index (χ2n) is 6.30. The van der Waals surface area contributed by atoms with Gasteiger partial charge >= 0.3 is 0 Å². The fourth-order valence-corrected chi connectivity index (χ4v) is 5.19. The molecule has 1 fully saturated rings. The van der Waals surface area contributed by atoms with E-state index in [-0.39, 0.29) is 10.6 Å². The number of likely N-dealkylation sites (tertiary alicyclic amines) is 1. The van der Waals surface area contributed by atoms with Crippen LogP contribution in [0.2, 0.25) is 10.0 Å². The van der Waals surface area contributed by atoms with Crippen LogP contribution < -0.4 is 0 Å². The first kappa shape index (κ1) is 18.1. The number of piperidine rings is 1. The van der Waals surface area contributed by atoms with Crippen LogP contribution in [0, 0.1) is 5.82 Å². The van der Waals surface area contributed by atoms with Gasteiger partial charge in [-0.2, -0.15) is 0 Å². The molecule has 2 aromatic rings. The molecule has 0 bridgehead atoms. The van der Waals surface area contributed by atoms with Crippen molar-refractivity contribution in [3.8, 4) is 0 Å². The molecule has 0 N–H and O–H groups in total. The Morgan fingerprint density at radius 2 is 1.83 bits per heavy atom. The van der Waals surface area contributed by atoms with Crippen LogP contribution in [0.4, 0.5) is 4.39 Å². The summed E-state index contributed by atoms with van der Waals surface area (Å²) < 4.78 is 14.3. The molecule has 1 heterocycles. The molecule has 1 aliphatic rings. The Bertz CT molecular complexity index is 714. The lowest BCUT2D eigenvalue weighted by molar-refractivity contribution is 0.237. The molecular weight excluding hydrogens is 364 g/mol. The number of thioether (sulfide) groups is 1. The van der Waals surface area contributed by atoms with E-state index < -0.39 is 0 Å². The van der Waals surface area contributed by atoms with Crippen molar-refractivity contribution in [1.82, 2.24) is 4.90 Å². The molecule has 0 amide bonds. The minimum Gasteiger partial charge on any atom is -0.306 e. The van der Waals surface area contributed by atoms with Crippen LogP contribution in [-0.2, 0) is 10.5 Å². The number of benzene rings is 2. The largest absolute Gasteiger partial charge is 0.306 e. The second kappa shape index (κ2) is 7.65. The molecule has 0 atom stereocenters. The smallest absolute Gasteiger partial charge is 0.127 e. The summed E-state index contributed by atoms with van der Waals surface area (Å²) in [7, 11) is 2.12. The maximum Gasteiger partial charge on any atom is 0.127 e. The van der Waals surface area contributed by atoms with E-state index in [0.717, 1.165) is 42.8 Å². The highest BCUT2D eigenvalue weighted by Gasteiger charge is 2.37. The normalized spacial score (nSPS) is 17.8. The molecule has 128 valence electrons. The van der Waals surface area contributed by atoms with Crippen molar-refractivity contribution < 1.29 is 4.39 Å². The number of hydrogen-bond acceptors (Lipinski definition) is 2. The summed E-state index contributed by atoms with van der Waals surface area (Å²) in [4.78, 5) is 2.30. The van der Waals surface area contributed by atoms with Gasteiger partial charge in [-0.05, 0) is 56.7 Å². The van der Waals surface area contributed by atoms with Gasteiger partial charge in [-0.1, -0.05) is 47.5 Å². The average molecular weight is 384 g/mol. The zero-order chi connectivity index (χ0) is 17.2. The molecule has 5 heteroatoms. The molecule has 3 rings (SSSR count). The topological polar surface area (TPSA) is 3.24 Å². The van der Waals surface area contributed by atoms with Gasteiger partial charge in [0.05, 0.1) is 0 Å². The highest BCUT2D eigenvalue weighted by Crippen LogP contribution is 2.47. The quantitative estimate of drug-likeness (QED) is 0.637. The number of nitrogens with zero attached hydrogens (tertiary/aromatic N) is 1. The van der Waals surface area contributed by atoms with Gasteiger partial charge < -0.3 is 4.90 Å². The summed E-state index contributed by atoms with van der Waals surface area (Å²) in [6, 6.07) is 12.7. The van der Waals surface area contributed by atoms with Crippen molar-refractivity contribution in [2.45, 2.75) is 23.3 Å². The van der Waals surface area contributed by atoms with Crippen LogP contribution in [-0.4, -0.2) is 25.0 Å². The molecular formula is C19H20Cl2FNS. The summed E-state index contributed by atoms with van der Waals surface area (Å²) >= 11 is 14.1. The second-order valence-corrected chi connectivity index (χ2v) is 8.50. The van der Waals surface area contributed by atoms with Crippen molar-refractivity contribution in [1.29, 1.82) is 0 Å². The zero-order valence-corrected chi connectivity index (χ0v) is 15.9.